The zero-order chi connectivity index (χ0) is 20.0. The number of aryl methyl sites for hydroxylation is 1. The summed E-state index contributed by atoms with van der Waals surface area (Å²) in [4.78, 5) is 23.0. The molecule has 0 aromatic heterocycles. The lowest BCUT2D eigenvalue weighted by Gasteiger charge is -2.26. The maximum absolute atomic E-state index is 12.5. The van der Waals surface area contributed by atoms with E-state index >= 15 is 0 Å². The number of sulfonamides is 1. The van der Waals surface area contributed by atoms with Gasteiger partial charge in [-0.15, -0.1) is 0 Å². The summed E-state index contributed by atoms with van der Waals surface area (Å²) in [5.41, 5.74) is 0.481. The van der Waals surface area contributed by atoms with Gasteiger partial charge in [-0.2, -0.15) is 0 Å². The second-order valence-electron chi connectivity index (χ2n) is 7.11. The minimum absolute atomic E-state index is 0.0467. The highest BCUT2D eigenvalue weighted by atomic mass is 32.2. The van der Waals surface area contributed by atoms with Crippen molar-refractivity contribution in [3.63, 3.8) is 0 Å². The number of rotatable bonds is 6. The van der Waals surface area contributed by atoms with Gasteiger partial charge in [0, 0.05) is 18.2 Å². The van der Waals surface area contributed by atoms with Crippen LogP contribution in [0.5, 0.6) is 0 Å². The van der Waals surface area contributed by atoms with Crippen LogP contribution in [0.3, 0.4) is 0 Å². The van der Waals surface area contributed by atoms with Gasteiger partial charge in [-0.1, -0.05) is 38.2 Å². The molecule has 0 atom stereocenters. The lowest BCUT2D eigenvalue weighted by atomic mass is 9.97. The van der Waals surface area contributed by atoms with E-state index in [2.05, 4.69) is 5.32 Å². The van der Waals surface area contributed by atoms with Crippen molar-refractivity contribution in [2.75, 3.05) is 17.1 Å². The van der Waals surface area contributed by atoms with Gasteiger partial charge in [0.05, 0.1) is 16.9 Å². The molecule has 150 valence electrons. The molecule has 1 fully saturated rings. The molecule has 0 aliphatic heterocycles. The lowest BCUT2D eigenvalue weighted by molar-refractivity contribution is -0.384. The Labute approximate surface area is 160 Å². The Balaban J connectivity index is 2.19. The number of nitrogens with one attached hydrogen (secondary N) is 1. The highest BCUT2D eigenvalue weighted by Gasteiger charge is 2.25. The van der Waals surface area contributed by atoms with E-state index in [0.29, 0.717) is 5.56 Å². The Morgan fingerprint density at radius 2 is 1.81 bits per heavy atom. The Bertz CT molecular complexity index is 786. The summed E-state index contributed by atoms with van der Waals surface area (Å²) in [7, 11) is -3.78. The molecule has 1 aromatic rings. The fourth-order valence-electron chi connectivity index (χ4n) is 3.37. The number of benzene rings is 1. The molecule has 1 aromatic carbocycles. The lowest BCUT2D eigenvalue weighted by Crippen LogP contribution is -2.44. The predicted molar refractivity (Wildman–Crippen MR) is 104 cm³/mol. The number of hydrogen-bond acceptors (Lipinski definition) is 5. The molecule has 27 heavy (non-hydrogen) atoms. The van der Waals surface area contributed by atoms with Gasteiger partial charge in [0.25, 0.3) is 5.69 Å². The van der Waals surface area contributed by atoms with E-state index in [9.17, 15) is 23.3 Å². The van der Waals surface area contributed by atoms with Crippen LogP contribution in [0.2, 0.25) is 0 Å². The van der Waals surface area contributed by atoms with Crippen molar-refractivity contribution in [2.45, 2.75) is 57.9 Å². The van der Waals surface area contributed by atoms with Crippen LogP contribution in [-0.2, 0) is 14.8 Å². The smallest absolute Gasteiger partial charge is 0.271 e. The summed E-state index contributed by atoms with van der Waals surface area (Å²) in [6, 6.07) is 4.04. The minimum Gasteiger partial charge on any atom is -0.352 e. The Morgan fingerprint density at radius 1 is 1.22 bits per heavy atom. The van der Waals surface area contributed by atoms with E-state index in [1.807, 2.05) is 0 Å². The van der Waals surface area contributed by atoms with Crippen LogP contribution in [0.15, 0.2) is 18.2 Å². The first-order valence-electron chi connectivity index (χ1n) is 9.20. The van der Waals surface area contributed by atoms with E-state index in [4.69, 9.17) is 0 Å². The van der Waals surface area contributed by atoms with Gasteiger partial charge >= 0.3 is 0 Å². The first-order chi connectivity index (χ1) is 12.7. The predicted octanol–water partition coefficient (Wildman–Crippen LogP) is 2.90. The highest BCUT2D eigenvalue weighted by Crippen LogP contribution is 2.27. The molecular formula is C18H27N3O5S. The molecule has 0 radical (unpaired) electrons. The van der Waals surface area contributed by atoms with Gasteiger partial charge in [0.15, 0.2) is 0 Å². The van der Waals surface area contributed by atoms with Crippen molar-refractivity contribution in [1.82, 2.24) is 5.32 Å². The molecular weight excluding hydrogens is 370 g/mol. The molecule has 1 aliphatic carbocycles. The Hall–Kier alpha value is -2.16. The number of nitro benzene ring substituents is 1. The summed E-state index contributed by atoms with van der Waals surface area (Å²) in [6.45, 7) is 1.27. The van der Waals surface area contributed by atoms with Gasteiger partial charge in [-0.3, -0.25) is 19.2 Å². The van der Waals surface area contributed by atoms with Gasteiger partial charge < -0.3 is 5.32 Å². The van der Waals surface area contributed by atoms with Crippen LogP contribution < -0.4 is 9.62 Å². The maximum Gasteiger partial charge on any atom is 0.271 e. The van der Waals surface area contributed by atoms with E-state index in [-0.39, 0.29) is 17.4 Å². The summed E-state index contributed by atoms with van der Waals surface area (Å²) in [5, 5.41) is 14.0. The highest BCUT2D eigenvalue weighted by molar-refractivity contribution is 7.92. The fourth-order valence-corrected chi connectivity index (χ4v) is 4.27. The van der Waals surface area contributed by atoms with Crippen LogP contribution in [-0.4, -0.2) is 38.1 Å². The fraction of sp³-hybridized carbons (Fsp3) is 0.611. The molecule has 2 rings (SSSR count). The molecule has 0 saturated heterocycles. The van der Waals surface area contributed by atoms with Crippen molar-refractivity contribution in [3.05, 3.63) is 33.9 Å². The van der Waals surface area contributed by atoms with E-state index in [1.165, 1.54) is 24.6 Å². The molecule has 0 spiro atoms. The summed E-state index contributed by atoms with van der Waals surface area (Å²) in [5.74, 6) is -0.392. The minimum atomic E-state index is -3.78. The van der Waals surface area contributed by atoms with Crippen molar-refractivity contribution < 1.29 is 18.1 Å². The molecule has 1 aliphatic rings. The van der Waals surface area contributed by atoms with Gasteiger partial charge in [-0.05, 0) is 25.3 Å². The molecule has 1 amide bonds. The van der Waals surface area contributed by atoms with Crippen LogP contribution in [0.25, 0.3) is 0 Å². The SMILES string of the molecule is Cc1ccc([N+](=O)[O-])cc1N(CC(=O)NC1CCCCCCC1)S(C)(=O)=O. The number of hydrogen-bond donors (Lipinski definition) is 1. The van der Waals surface area contributed by atoms with E-state index in [0.717, 1.165) is 49.1 Å². The topological polar surface area (TPSA) is 110 Å². The average molecular weight is 397 g/mol. The third kappa shape index (κ3) is 6.20. The van der Waals surface area contributed by atoms with Crippen LogP contribution in [0.1, 0.15) is 50.5 Å². The molecule has 1 N–H and O–H groups in total. The maximum atomic E-state index is 12.5. The number of anilines is 1. The van der Waals surface area contributed by atoms with Crippen LogP contribution in [0, 0.1) is 17.0 Å². The average Bonchev–Trinajstić information content (AvgIpc) is 2.54. The van der Waals surface area contributed by atoms with Gasteiger partial charge in [0.2, 0.25) is 15.9 Å². The van der Waals surface area contributed by atoms with Crippen molar-refractivity contribution in [3.8, 4) is 0 Å². The molecule has 9 heteroatoms. The molecule has 0 unspecified atom stereocenters. The normalized spacial score (nSPS) is 16.2. The quantitative estimate of drug-likeness (QED) is 0.586. The van der Waals surface area contributed by atoms with E-state index < -0.39 is 27.4 Å². The number of non-ortho nitro benzene ring substituents is 1. The summed E-state index contributed by atoms with van der Waals surface area (Å²) < 4.78 is 25.5. The summed E-state index contributed by atoms with van der Waals surface area (Å²) in [6.07, 6.45) is 8.38. The third-order valence-corrected chi connectivity index (χ3v) is 5.96. The number of carbonyl (C=O) groups excluding carboxylic acids is 1. The van der Waals surface area contributed by atoms with E-state index in [1.54, 1.807) is 6.92 Å². The first kappa shape index (κ1) is 21.1. The van der Waals surface area contributed by atoms with Crippen molar-refractivity contribution in [2.24, 2.45) is 0 Å². The number of nitro groups is 1. The van der Waals surface area contributed by atoms with Crippen LogP contribution >= 0.6 is 0 Å². The van der Waals surface area contributed by atoms with Crippen molar-refractivity contribution in [1.29, 1.82) is 0 Å². The van der Waals surface area contributed by atoms with Crippen molar-refractivity contribution >= 4 is 27.3 Å². The zero-order valence-electron chi connectivity index (χ0n) is 15.8. The molecule has 8 nitrogen and oxygen atoms in total. The molecule has 1 saturated carbocycles. The summed E-state index contributed by atoms with van der Waals surface area (Å²) >= 11 is 0. The number of carbonyl (C=O) groups is 1. The number of amides is 1. The van der Waals surface area contributed by atoms with Gasteiger partial charge in [0.1, 0.15) is 6.54 Å². The van der Waals surface area contributed by atoms with Gasteiger partial charge in [-0.25, -0.2) is 8.42 Å². The zero-order valence-corrected chi connectivity index (χ0v) is 16.6. The number of nitrogens with zero attached hydrogens (tertiary/aromatic N) is 2. The Kier molecular flexibility index (Phi) is 7.18. The largest absolute Gasteiger partial charge is 0.352 e. The molecule has 0 bridgehead atoms. The molecule has 0 heterocycles. The second-order valence-corrected chi connectivity index (χ2v) is 9.01. The van der Waals surface area contributed by atoms with Crippen LogP contribution in [0.4, 0.5) is 11.4 Å². The standard InChI is InChI=1S/C18H27N3O5S/c1-14-10-11-16(21(23)24)12-17(14)20(27(2,25)26)13-18(22)19-15-8-6-4-3-5-7-9-15/h10-12,15H,3-9,13H2,1-2H3,(H,19,22). The second kappa shape index (κ2) is 9.16. The first-order valence-corrected chi connectivity index (χ1v) is 11.1. The monoisotopic (exact) mass is 397 g/mol. The third-order valence-electron chi connectivity index (χ3n) is 4.83. The Morgan fingerprint density at radius 3 is 2.37 bits per heavy atom.